The normalized spacial score (nSPS) is 14.4. The minimum absolute atomic E-state index is 0. The highest BCUT2D eigenvalue weighted by Gasteiger charge is 1.97. The molecule has 0 spiro atoms. The van der Waals surface area contributed by atoms with Crippen molar-refractivity contribution in [3.05, 3.63) is 0 Å². The molecule has 2 aliphatic rings. The zero-order valence-corrected chi connectivity index (χ0v) is 19.8. The number of hydrogen-bond donors (Lipinski definition) is 3. The van der Waals surface area contributed by atoms with E-state index in [9.17, 15) is 0 Å². The minimum Gasteiger partial charge on any atom is -0.179 e. The van der Waals surface area contributed by atoms with E-state index in [0.29, 0.717) is 0 Å². The summed E-state index contributed by atoms with van der Waals surface area (Å²) >= 11 is 12.0. The Kier molecular flexibility index (Phi) is 62.4. The van der Waals surface area contributed by atoms with Crippen LogP contribution in [-0.4, -0.2) is 40.3 Å². The van der Waals surface area contributed by atoms with Crippen LogP contribution in [0.5, 0.6) is 0 Å². The van der Waals surface area contributed by atoms with E-state index in [1.54, 1.807) is 0 Å². The average Bonchev–Trinajstić information content (AvgIpc) is 3.16. The average molecular weight is 487 g/mol. The lowest BCUT2D eigenvalue weighted by atomic mass is 10.4. The van der Waals surface area contributed by atoms with Crippen molar-refractivity contribution in [3.8, 4) is 0 Å². The zero-order valence-electron chi connectivity index (χ0n) is 13.9. The SMILES string of the molecule is C.C.C.C1CCSSC1.C1CSSC1.CCCCS.SCCCCS. The maximum absolute atomic E-state index is 4.02. The molecule has 2 saturated heterocycles. The van der Waals surface area contributed by atoms with Gasteiger partial charge in [-0.05, 0) is 55.8 Å². The molecular weight excluding hydrogens is 441 g/mol. The van der Waals surface area contributed by atoms with Crippen LogP contribution in [0.4, 0.5) is 0 Å². The topological polar surface area (TPSA) is 0 Å². The van der Waals surface area contributed by atoms with Crippen LogP contribution in [0.3, 0.4) is 0 Å². The van der Waals surface area contributed by atoms with Crippen LogP contribution in [0, 0.1) is 0 Å². The van der Waals surface area contributed by atoms with Crippen LogP contribution < -0.4 is 0 Å². The molecular formula is C18H46S7. The Hall–Kier alpha value is 2.45. The number of unbranched alkanes of at least 4 members (excludes halogenated alkanes) is 2. The van der Waals surface area contributed by atoms with Gasteiger partial charge in [-0.15, -0.1) is 0 Å². The molecule has 7 heteroatoms. The molecule has 2 fully saturated rings. The van der Waals surface area contributed by atoms with Gasteiger partial charge in [0, 0.05) is 23.0 Å². The summed E-state index contributed by atoms with van der Waals surface area (Å²) < 4.78 is 0. The molecule has 0 aromatic carbocycles. The quantitative estimate of drug-likeness (QED) is 0.201. The summed E-state index contributed by atoms with van der Waals surface area (Å²) in [7, 11) is 8.00. The van der Waals surface area contributed by atoms with Gasteiger partial charge in [-0.2, -0.15) is 37.9 Å². The second-order valence-corrected chi connectivity index (χ2v) is 11.3. The van der Waals surface area contributed by atoms with Gasteiger partial charge in [0.05, 0.1) is 0 Å². The molecule has 0 bridgehead atoms. The molecule has 0 saturated carbocycles. The minimum atomic E-state index is 0. The number of thiol groups is 3. The summed E-state index contributed by atoms with van der Waals surface area (Å²) in [5.74, 6) is 8.56. The molecule has 0 aromatic heterocycles. The van der Waals surface area contributed by atoms with Crippen molar-refractivity contribution in [1.29, 1.82) is 0 Å². The maximum atomic E-state index is 4.02. The molecule has 0 atom stereocenters. The summed E-state index contributed by atoms with van der Waals surface area (Å²) in [4.78, 5) is 0. The second-order valence-electron chi connectivity index (χ2n) is 4.58. The summed E-state index contributed by atoms with van der Waals surface area (Å²) in [5, 5.41) is 0. The molecule has 0 aliphatic carbocycles. The molecule has 2 heterocycles. The summed E-state index contributed by atoms with van der Waals surface area (Å²) in [6, 6.07) is 0. The van der Waals surface area contributed by atoms with Crippen LogP contribution in [0.15, 0.2) is 0 Å². The van der Waals surface area contributed by atoms with Gasteiger partial charge < -0.3 is 0 Å². The summed E-state index contributed by atoms with van der Waals surface area (Å²) in [6.07, 6.45) is 9.23. The lowest BCUT2D eigenvalue weighted by molar-refractivity contribution is 0.899. The van der Waals surface area contributed by atoms with Crippen molar-refractivity contribution in [2.24, 2.45) is 0 Å². The predicted octanol–water partition coefficient (Wildman–Crippen LogP) is 9.18. The lowest BCUT2D eigenvalue weighted by Crippen LogP contribution is -1.86. The Morgan fingerprint density at radius 1 is 0.560 bits per heavy atom. The van der Waals surface area contributed by atoms with Gasteiger partial charge in [0.1, 0.15) is 0 Å². The Balaban J connectivity index is -0.0000000686. The van der Waals surface area contributed by atoms with E-state index in [1.165, 1.54) is 68.0 Å². The fraction of sp³-hybridized carbons (Fsp3) is 1.00. The third kappa shape index (κ3) is 46.5. The largest absolute Gasteiger partial charge is 0.179 e. The van der Waals surface area contributed by atoms with Crippen molar-refractivity contribution < 1.29 is 0 Å². The highest BCUT2D eigenvalue weighted by Crippen LogP contribution is 2.29. The molecule has 0 nitrogen and oxygen atoms in total. The van der Waals surface area contributed by atoms with E-state index in [1.807, 2.05) is 43.2 Å². The highest BCUT2D eigenvalue weighted by atomic mass is 33.1. The fourth-order valence-electron chi connectivity index (χ4n) is 1.12. The van der Waals surface area contributed by atoms with Crippen LogP contribution in [0.25, 0.3) is 0 Å². The Bertz CT molecular complexity index is 138. The molecule has 2 aliphatic heterocycles. The van der Waals surface area contributed by atoms with Crippen molar-refractivity contribution in [2.45, 2.75) is 74.1 Å². The first-order valence-electron chi connectivity index (χ1n) is 8.14. The van der Waals surface area contributed by atoms with E-state index in [4.69, 9.17) is 0 Å². The highest BCUT2D eigenvalue weighted by molar-refractivity contribution is 8.77. The van der Waals surface area contributed by atoms with E-state index in [0.717, 1.165) is 17.3 Å². The molecule has 2 rings (SSSR count). The van der Waals surface area contributed by atoms with Crippen molar-refractivity contribution in [3.63, 3.8) is 0 Å². The molecule has 0 unspecified atom stereocenters. The van der Waals surface area contributed by atoms with Gasteiger partial charge >= 0.3 is 0 Å². The molecule has 0 N–H and O–H groups in total. The first-order valence-corrected chi connectivity index (χ1v) is 15.0. The molecule has 0 radical (unpaired) electrons. The maximum Gasteiger partial charge on any atom is 0.00450 e. The van der Waals surface area contributed by atoms with Gasteiger partial charge in [-0.1, -0.05) is 78.8 Å². The molecule has 160 valence electrons. The smallest absolute Gasteiger partial charge is 0.00450 e. The Labute approximate surface area is 194 Å². The Morgan fingerprint density at radius 2 is 0.880 bits per heavy atom. The van der Waals surface area contributed by atoms with Crippen LogP contribution in [-0.2, 0) is 0 Å². The first kappa shape index (κ1) is 38.1. The predicted molar refractivity (Wildman–Crippen MR) is 150 cm³/mol. The first-order chi connectivity index (χ1) is 10.8. The number of rotatable bonds is 5. The zero-order chi connectivity index (χ0) is 16.7. The van der Waals surface area contributed by atoms with E-state index >= 15 is 0 Å². The summed E-state index contributed by atoms with van der Waals surface area (Å²) in [5.41, 5.74) is 0. The number of hydrogen-bond acceptors (Lipinski definition) is 7. The van der Waals surface area contributed by atoms with Gasteiger partial charge in [0.15, 0.2) is 0 Å². The monoisotopic (exact) mass is 486 g/mol. The van der Waals surface area contributed by atoms with E-state index in [2.05, 4.69) is 44.8 Å². The van der Waals surface area contributed by atoms with Crippen molar-refractivity contribution in [2.75, 3.05) is 40.3 Å². The molecule has 0 aromatic rings. The van der Waals surface area contributed by atoms with Crippen LogP contribution in [0.2, 0.25) is 0 Å². The second kappa shape index (κ2) is 41.0. The van der Waals surface area contributed by atoms with Crippen LogP contribution in [0.1, 0.15) is 74.1 Å². The molecule has 25 heavy (non-hydrogen) atoms. The van der Waals surface area contributed by atoms with Crippen molar-refractivity contribution >= 4 is 81.1 Å². The fourth-order valence-corrected chi connectivity index (χ4v) is 6.53. The summed E-state index contributed by atoms with van der Waals surface area (Å²) in [6.45, 7) is 2.16. The van der Waals surface area contributed by atoms with E-state index in [-0.39, 0.29) is 22.3 Å². The van der Waals surface area contributed by atoms with Crippen molar-refractivity contribution in [1.82, 2.24) is 0 Å². The third-order valence-corrected chi connectivity index (χ3v) is 8.51. The van der Waals surface area contributed by atoms with Gasteiger partial charge in [-0.25, -0.2) is 0 Å². The standard InChI is InChI=1S/C4H8S2.C4H10S2.C4H10S.C3H6S2.3CH4/c1-2-4-6-5-3-1;5-3-1-2-4-6;1-2-3-4-5;1-2-4-5-3-1;;;/h1-4H2;5-6H,1-4H2;5H,2-4H2,1H3;1-3H2;3*1H4. The Morgan fingerprint density at radius 3 is 1.00 bits per heavy atom. The van der Waals surface area contributed by atoms with E-state index < -0.39 is 0 Å². The van der Waals surface area contributed by atoms with Gasteiger partial charge in [0.25, 0.3) is 0 Å². The molecule has 0 amide bonds. The third-order valence-electron chi connectivity index (χ3n) is 2.41. The lowest BCUT2D eigenvalue weighted by Gasteiger charge is -2.04. The van der Waals surface area contributed by atoms with Gasteiger partial charge in [-0.3, -0.25) is 0 Å². The van der Waals surface area contributed by atoms with Gasteiger partial charge in [0.2, 0.25) is 0 Å². The van der Waals surface area contributed by atoms with Crippen LogP contribution >= 0.6 is 81.1 Å².